The minimum Gasteiger partial charge on any atom is -0.133 e. The van der Waals surface area contributed by atoms with Crippen molar-refractivity contribution in [3.05, 3.63) is 53.6 Å². The Morgan fingerprint density at radius 2 is 1.24 bits per heavy atom. The molecule has 3 atom stereocenters. The van der Waals surface area contributed by atoms with Gasteiger partial charge in [-0.1, -0.05) is 42.5 Å². The second-order valence-corrected chi connectivity index (χ2v) is 5.55. The molecule has 88 valence electrons. The molecule has 0 fully saturated rings. The van der Waals surface area contributed by atoms with Gasteiger partial charge in [0.15, 0.2) is 0 Å². The molecule has 0 aliphatic heterocycles. The van der Waals surface area contributed by atoms with E-state index in [0.717, 1.165) is 12.3 Å². The van der Waals surface area contributed by atoms with Crippen LogP contribution in [-0.4, -0.2) is 0 Å². The third-order valence-electron chi connectivity index (χ3n) is 2.77. The molecule has 0 saturated heterocycles. The quantitative estimate of drug-likeness (QED) is 0.752. The van der Waals surface area contributed by atoms with E-state index in [9.17, 15) is 0 Å². The van der Waals surface area contributed by atoms with E-state index in [0.29, 0.717) is 0 Å². The van der Waals surface area contributed by atoms with E-state index < -0.39 is 0 Å². The van der Waals surface area contributed by atoms with Crippen molar-refractivity contribution in [2.24, 2.45) is 0 Å². The minimum atomic E-state index is 1.01. The first kappa shape index (κ1) is 13.2. The predicted octanol–water partition coefficient (Wildman–Crippen LogP) is 3.60. The summed E-state index contributed by atoms with van der Waals surface area (Å²) < 4.78 is 0. The molecule has 2 rings (SSSR count). The maximum atomic E-state index is 2.79. The van der Waals surface area contributed by atoms with Gasteiger partial charge >= 0.3 is 0 Å². The summed E-state index contributed by atoms with van der Waals surface area (Å²) in [6, 6.07) is 15.4. The summed E-state index contributed by atoms with van der Waals surface area (Å²) in [6.45, 7) is 0. The van der Waals surface area contributed by atoms with Gasteiger partial charge in [0, 0.05) is 0 Å². The molecule has 2 aromatic carbocycles. The third kappa shape index (κ3) is 3.35. The average Bonchev–Trinajstić information content (AvgIpc) is 2.39. The van der Waals surface area contributed by atoms with Crippen LogP contribution in [0.1, 0.15) is 11.1 Å². The number of hydrogen-bond donors (Lipinski definition) is 0. The summed E-state index contributed by atoms with van der Waals surface area (Å²) >= 11 is 0. The van der Waals surface area contributed by atoms with E-state index in [-0.39, 0.29) is 0 Å². The van der Waals surface area contributed by atoms with Crippen molar-refractivity contribution in [1.82, 2.24) is 0 Å². The highest BCUT2D eigenvalue weighted by Crippen LogP contribution is 2.24. The molecule has 0 N–H and O–H groups in total. The molecule has 3 heteroatoms. The monoisotopic (exact) mass is 278 g/mol. The van der Waals surface area contributed by atoms with Crippen LogP contribution in [0.4, 0.5) is 0 Å². The summed E-state index contributed by atoms with van der Waals surface area (Å²) in [4.78, 5) is 0. The van der Waals surface area contributed by atoms with Crippen molar-refractivity contribution < 1.29 is 0 Å². The zero-order chi connectivity index (χ0) is 12.3. The van der Waals surface area contributed by atoms with Crippen LogP contribution in [0.25, 0.3) is 11.1 Å². The van der Waals surface area contributed by atoms with E-state index in [1.165, 1.54) is 27.6 Å². The maximum absolute atomic E-state index is 2.79. The summed E-state index contributed by atoms with van der Waals surface area (Å²) in [7, 11) is 8.31. The van der Waals surface area contributed by atoms with Crippen molar-refractivity contribution in [2.75, 3.05) is 0 Å². The summed E-state index contributed by atoms with van der Waals surface area (Å²) in [5.41, 5.74) is 5.35. The highest BCUT2D eigenvalue weighted by atomic mass is 31.0. The van der Waals surface area contributed by atoms with Gasteiger partial charge in [-0.15, -0.1) is 27.7 Å². The first-order valence-corrected chi connectivity index (χ1v) is 7.83. The maximum Gasteiger partial charge on any atom is -0.0128 e. The first-order valence-electron chi connectivity index (χ1n) is 5.62. The molecule has 17 heavy (non-hydrogen) atoms. The minimum absolute atomic E-state index is 1.01. The Kier molecular flexibility index (Phi) is 4.69. The zero-order valence-corrected chi connectivity index (χ0v) is 13.2. The molecule has 2 aromatic rings. The lowest BCUT2D eigenvalue weighted by Gasteiger charge is -2.08. The molecule has 0 heterocycles. The predicted molar refractivity (Wildman–Crippen MR) is 88.0 cm³/mol. The fraction of sp³-hybridized carbons (Fsp3) is 0.143. The molecular formula is C14H17P3. The summed E-state index contributed by atoms with van der Waals surface area (Å²) in [6.07, 6.45) is 2.01. The van der Waals surface area contributed by atoms with Crippen molar-refractivity contribution >= 4 is 33.0 Å². The van der Waals surface area contributed by atoms with Crippen LogP contribution in [0.15, 0.2) is 42.5 Å². The van der Waals surface area contributed by atoms with Gasteiger partial charge in [0.2, 0.25) is 0 Å². The van der Waals surface area contributed by atoms with Crippen LogP contribution in [0.2, 0.25) is 0 Å². The molecule has 0 spiro atoms. The Bertz CT molecular complexity index is 481. The molecule has 0 radical (unpaired) electrons. The molecule has 0 aliphatic rings. The Morgan fingerprint density at radius 1 is 0.706 bits per heavy atom. The van der Waals surface area contributed by atoms with E-state index in [1.807, 2.05) is 0 Å². The van der Waals surface area contributed by atoms with E-state index in [2.05, 4.69) is 70.2 Å². The Morgan fingerprint density at radius 3 is 1.71 bits per heavy atom. The van der Waals surface area contributed by atoms with Crippen molar-refractivity contribution in [1.29, 1.82) is 0 Å². The van der Waals surface area contributed by atoms with Crippen molar-refractivity contribution in [3.8, 4) is 11.1 Å². The van der Waals surface area contributed by atoms with Gasteiger partial charge in [-0.05, 0) is 39.9 Å². The highest BCUT2D eigenvalue weighted by Gasteiger charge is 2.01. The molecule has 0 bridgehead atoms. The lowest BCUT2D eigenvalue weighted by molar-refractivity contribution is 1.33. The molecule has 3 unspecified atom stereocenters. The SMILES string of the molecule is PCc1cc(CP)cc(-c2ccc(P)cc2)c1. The van der Waals surface area contributed by atoms with Gasteiger partial charge in [-0.3, -0.25) is 0 Å². The van der Waals surface area contributed by atoms with E-state index in [4.69, 9.17) is 0 Å². The Hall–Kier alpha value is -0.270. The number of benzene rings is 2. The lowest BCUT2D eigenvalue weighted by atomic mass is 10.0. The molecule has 0 nitrogen and oxygen atoms in total. The fourth-order valence-electron chi connectivity index (χ4n) is 1.84. The van der Waals surface area contributed by atoms with Crippen LogP contribution in [0.5, 0.6) is 0 Å². The van der Waals surface area contributed by atoms with Crippen LogP contribution >= 0.6 is 27.7 Å². The molecule has 0 aliphatic carbocycles. The number of hydrogen-bond acceptors (Lipinski definition) is 0. The van der Waals surface area contributed by atoms with E-state index in [1.54, 1.807) is 0 Å². The van der Waals surface area contributed by atoms with Crippen molar-refractivity contribution in [3.63, 3.8) is 0 Å². The second-order valence-electron chi connectivity index (χ2n) is 4.07. The van der Waals surface area contributed by atoms with Gasteiger partial charge in [-0.2, -0.15) is 0 Å². The number of rotatable bonds is 3. The molecule has 0 aromatic heterocycles. The Balaban J connectivity index is 2.46. The normalized spacial score (nSPS) is 10.5. The largest absolute Gasteiger partial charge is 0.133 e. The molecule has 0 amide bonds. The van der Waals surface area contributed by atoms with Gasteiger partial charge in [0.25, 0.3) is 0 Å². The van der Waals surface area contributed by atoms with E-state index >= 15 is 0 Å². The van der Waals surface area contributed by atoms with Gasteiger partial charge in [0.05, 0.1) is 0 Å². The zero-order valence-electron chi connectivity index (χ0n) is 9.69. The lowest BCUT2D eigenvalue weighted by Crippen LogP contribution is -1.90. The van der Waals surface area contributed by atoms with Crippen LogP contribution in [0.3, 0.4) is 0 Å². The van der Waals surface area contributed by atoms with Crippen molar-refractivity contribution in [2.45, 2.75) is 12.3 Å². The van der Waals surface area contributed by atoms with Gasteiger partial charge < -0.3 is 0 Å². The molecule has 0 saturated carbocycles. The average molecular weight is 278 g/mol. The first-order chi connectivity index (χ1) is 8.22. The molecular weight excluding hydrogens is 261 g/mol. The second kappa shape index (κ2) is 6.06. The van der Waals surface area contributed by atoms with Crippen LogP contribution in [-0.2, 0) is 12.3 Å². The smallest absolute Gasteiger partial charge is 0.0128 e. The fourth-order valence-corrected chi connectivity index (χ4v) is 2.50. The third-order valence-corrected chi connectivity index (χ3v) is 4.10. The van der Waals surface area contributed by atoms with Crippen LogP contribution < -0.4 is 5.30 Å². The Labute approximate surface area is 110 Å². The summed E-state index contributed by atoms with van der Waals surface area (Å²) in [5.74, 6) is 0. The topological polar surface area (TPSA) is 0 Å². The van der Waals surface area contributed by atoms with Crippen LogP contribution in [0, 0.1) is 0 Å². The summed E-state index contributed by atoms with van der Waals surface area (Å²) in [5, 5.41) is 1.22. The standard InChI is InChI=1S/C14H17P3/c15-8-10-5-11(9-16)7-13(6-10)12-1-3-14(17)4-2-12/h1-7H,8-9,15-17H2. The highest BCUT2D eigenvalue weighted by molar-refractivity contribution is 7.27. The van der Waals surface area contributed by atoms with Gasteiger partial charge in [-0.25, -0.2) is 0 Å². The van der Waals surface area contributed by atoms with Gasteiger partial charge in [0.1, 0.15) is 0 Å².